The van der Waals surface area contributed by atoms with Gasteiger partial charge in [0.25, 0.3) is 0 Å². The molecule has 2 atom stereocenters. The second-order valence-corrected chi connectivity index (χ2v) is 4.12. The molecule has 14 heavy (non-hydrogen) atoms. The SMILES string of the molecule is CC(CN)CN1C(=O)CCC(C)C1=O. The molecule has 1 aliphatic heterocycles. The smallest absolute Gasteiger partial charge is 0.232 e. The monoisotopic (exact) mass is 198 g/mol. The lowest BCUT2D eigenvalue weighted by Gasteiger charge is -2.30. The molecule has 0 aromatic carbocycles. The van der Waals surface area contributed by atoms with Gasteiger partial charge < -0.3 is 5.73 Å². The molecule has 4 heteroatoms. The van der Waals surface area contributed by atoms with Crippen LogP contribution in [0.25, 0.3) is 0 Å². The second kappa shape index (κ2) is 4.55. The first-order chi connectivity index (χ1) is 6.56. The van der Waals surface area contributed by atoms with Crippen molar-refractivity contribution in [2.45, 2.75) is 26.7 Å². The second-order valence-electron chi connectivity index (χ2n) is 4.12. The highest BCUT2D eigenvalue weighted by Crippen LogP contribution is 2.19. The van der Waals surface area contributed by atoms with E-state index in [1.807, 2.05) is 13.8 Å². The van der Waals surface area contributed by atoms with Crippen LogP contribution in [-0.2, 0) is 9.59 Å². The summed E-state index contributed by atoms with van der Waals surface area (Å²) in [6, 6.07) is 0. The van der Waals surface area contributed by atoms with Crippen LogP contribution in [0, 0.1) is 11.8 Å². The van der Waals surface area contributed by atoms with E-state index in [4.69, 9.17) is 5.73 Å². The molecule has 1 heterocycles. The summed E-state index contributed by atoms with van der Waals surface area (Å²) in [4.78, 5) is 24.5. The highest BCUT2D eigenvalue weighted by molar-refractivity contribution is 5.98. The molecule has 2 amide bonds. The van der Waals surface area contributed by atoms with Crippen LogP contribution in [-0.4, -0.2) is 29.8 Å². The van der Waals surface area contributed by atoms with Crippen LogP contribution >= 0.6 is 0 Å². The summed E-state index contributed by atoms with van der Waals surface area (Å²) in [5, 5.41) is 0. The third kappa shape index (κ3) is 2.32. The van der Waals surface area contributed by atoms with Gasteiger partial charge in [0.15, 0.2) is 0 Å². The van der Waals surface area contributed by atoms with Crippen LogP contribution in [0.2, 0.25) is 0 Å². The van der Waals surface area contributed by atoms with E-state index in [2.05, 4.69) is 0 Å². The van der Waals surface area contributed by atoms with E-state index in [0.717, 1.165) is 0 Å². The molecular formula is C10H18N2O2. The highest BCUT2D eigenvalue weighted by atomic mass is 16.2. The summed E-state index contributed by atoms with van der Waals surface area (Å²) in [5.41, 5.74) is 5.47. The van der Waals surface area contributed by atoms with Gasteiger partial charge in [-0.1, -0.05) is 13.8 Å². The number of piperidine rings is 1. The van der Waals surface area contributed by atoms with Crippen LogP contribution in [0.1, 0.15) is 26.7 Å². The fourth-order valence-electron chi connectivity index (χ4n) is 1.57. The van der Waals surface area contributed by atoms with E-state index in [-0.39, 0.29) is 23.7 Å². The lowest BCUT2D eigenvalue weighted by molar-refractivity contribution is -0.151. The van der Waals surface area contributed by atoms with Crippen molar-refractivity contribution in [1.29, 1.82) is 0 Å². The molecule has 0 bridgehead atoms. The van der Waals surface area contributed by atoms with Crippen LogP contribution in [0.4, 0.5) is 0 Å². The molecule has 2 unspecified atom stereocenters. The van der Waals surface area contributed by atoms with Gasteiger partial charge in [-0.05, 0) is 18.9 Å². The molecule has 1 saturated heterocycles. The van der Waals surface area contributed by atoms with E-state index in [0.29, 0.717) is 25.9 Å². The Kier molecular flexibility index (Phi) is 3.63. The van der Waals surface area contributed by atoms with Gasteiger partial charge in [0.2, 0.25) is 11.8 Å². The normalized spacial score (nSPS) is 25.4. The average Bonchev–Trinajstić information content (AvgIpc) is 2.18. The van der Waals surface area contributed by atoms with Crippen LogP contribution in [0.15, 0.2) is 0 Å². The molecule has 80 valence electrons. The number of hydrogen-bond acceptors (Lipinski definition) is 3. The summed E-state index contributed by atoms with van der Waals surface area (Å²) >= 11 is 0. The molecule has 0 aromatic heterocycles. The van der Waals surface area contributed by atoms with Crippen molar-refractivity contribution in [3.05, 3.63) is 0 Å². The lowest BCUT2D eigenvalue weighted by atomic mass is 9.97. The zero-order valence-corrected chi connectivity index (χ0v) is 8.82. The summed E-state index contributed by atoms with van der Waals surface area (Å²) in [5.74, 6) is 0.0841. The van der Waals surface area contributed by atoms with Crippen molar-refractivity contribution in [2.24, 2.45) is 17.6 Å². The molecule has 4 nitrogen and oxygen atoms in total. The largest absolute Gasteiger partial charge is 0.330 e. The maximum absolute atomic E-state index is 11.7. The average molecular weight is 198 g/mol. The molecular weight excluding hydrogens is 180 g/mol. The summed E-state index contributed by atoms with van der Waals surface area (Å²) in [7, 11) is 0. The van der Waals surface area contributed by atoms with E-state index >= 15 is 0 Å². The topological polar surface area (TPSA) is 63.4 Å². The van der Waals surface area contributed by atoms with E-state index in [1.54, 1.807) is 0 Å². The number of nitrogens with zero attached hydrogens (tertiary/aromatic N) is 1. The van der Waals surface area contributed by atoms with Gasteiger partial charge in [-0.15, -0.1) is 0 Å². The maximum Gasteiger partial charge on any atom is 0.232 e. The maximum atomic E-state index is 11.7. The zero-order chi connectivity index (χ0) is 10.7. The first-order valence-electron chi connectivity index (χ1n) is 5.10. The lowest BCUT2D eigenvalue weighted by Crippen LogP contribution is -2.46. The van der Waals surface area contributed by atoms with Crippen molar-refractivity contribution in [3.63, 3.8) is 0 Å². The number of carbonyl (C=O) groups is 2. The van der Waals surface area contributed by atoms with Gasteiger partial charge in [-0.2, -0.15) is 0 Å². The number of likely N-dealkylation sites (tertiary alicyclic amines) is 1. The summed E-state index contributed by atoms with van der Waals surface area (Å²) < 4.78 is 0. The quantitative estimate of drug-likeness (QED) is 0.666. The number of nitrogens with two attached hydrogens (primary N) is 1. The van der Waals surface area contributed by atoms with Gasteiger partial charge in [0.1, 0.15) is 0 Å². The third-order valence-electron chi connectivity index (χ3n) is 2.68. The predicted octanol–water partition coefficient (Wildman–Crippen LogP) is 0.366. The molecule has 0 spiro atoms. The fraction of sp³-hybridized carbons (Fsp3) is 0.800. The Morgan fingerprint density at radius 3 is 2.79 bits per heavy atom. The fourth-order valence-corrected chi connectivity index (χ4v) is 1.57. The van der Waals surface area contributed by atoms with Gasteiger partial charge in [-0.25, -0.2) is 0 Å². The van der Waals surface area contributed by atoms with Gasteiger partial charge in [0.05, 0.1) is 0 Å². The van der Waals surface area contributed by atoms with Crippen LogP contribution in [0.5, 0.6) is 0 Å². The minimum Gasteiger partial charge on any atom is -0.330 e. The van der Waals surface area contributed by atoms with Crippen molar-refractivity contribution < 1.29 is 9.59 Å². The molecule has 0 aromatic rings. The number of hydrogen-bond donors (Lipinski definition) is 1. The van der Waals surface area contributed by atoms with Crippen molar-refractivity contribution in [2.75, 3.05) is 13.1 Å². The Hall–Kier alpha value is -0.900. The Bertz CT molecular complexity index is 240. The zero-order valence-electron chi connectivity index (χ0n) is 8.82. The molecule has 0 saturated carbocycles. The number of rotatable bonds is 3. The first-order valence-corrected chi connectivity index (χ1v) is 5.10. The third-order valence-corrected chi connectivity index (χ3v) is 2.68. The molecule has 1 rings (SSSR count). The van der Waals surface area contributed by atoms with E-state index in [1.165, 1.54) is 4.90 Å². The number of carbonyl (C=O) groups excluding carboxylic acids is 2. The molecule has 0 radical (unpaired) electrons. The Labute approximate surface area is 84.4 Å². The first kappa shape index (κ1) is 11.2. The van der Waals surface area contributed by atoms with Crippen molar-refractivity contribution in [1.82, 2.24) is 4.90 Å². The Morgan fingerprint density at radius 1 is 1.57 bits per heavy atom. The van der Waals surface area contributed by atoms with Crippen molar-refractivity contribution in [3.8, 4) is 0 Å². The Morgan fingerprint density at radius 2 is 2.21 bits per heavy atom. The van der Waals surface area contributed by atoms with Gasteiger partial charge in [0, 0.05) is 18.9 Å². The van der Waals surface area contributed by atoms with Crippen LogP contribution < -0.4 is 5.73 Å². The predicted molar refractivity (Wildman–Crippen MR) is 53.3 cm³/mol. The summed E-state index contributed by atoms with van der Waals surface area (Å²) in [6.07, 6.45) is 1.18. The molecule has 1 fully saturated rings. The van der Waals surface area contributed by atoms with Gasteiger partial charge in [-0.3, -0.25) is 14.5 Å². The van der Waals surface area contributed by atoms with Crippen LogP contribution in [0.3, 0.4) is 0 Å². The minimum atomic E-state index is -0.0478. The number of amides is 2. The molecule has 2 N–H and O–H groups in total. The molecule has 1 aliphatic rings. The van der Waals surface area contributed by atoms with E-state index in [9.17, 15) is 9.59 Å². The van der Waals surface area contributed by atoms with Crippen molar-refractivity contribution >= 4 is 11.8 Å². The van der Waals surface area contributed by atoms with E-state index < -0.39 is 0 Å². The Balaban J connectivity index is 2.63. The number of imide groups is 1. The standard InChI is InChI=1S/C10H18N2O2/c1-7(5-11)6-12-9(13)4-3-8(2)10(12)14/h7-8H,3-6,11H2,1-2H3. The summed E-state index contributed by atoms with van der Waals surface area (Å²) in [6.45, 7) is 4.79. The minimum absolute atomic E-state index is 0.0160. The van der Waals surface area contributed by atoms with Gasteiger partial charge >= 0.3 is 0 Å². The highest BCUT2D eigenvalue weighted by Gasteiger charge is 2.31. The molecule has 0 aliphatic carbocycles.